The summed E-state index contributed by atoms with van der Waals surface area (Å²) >= 11 is 0. The first-order valence-corrected chi connectivity index (χ1v) is 6.61. The average molecular weight is 292 g/mol. The Balaban J connectivity index is 3.53. The topological polar surface area (TPSA) is 94.8 Å². The molecular weight excluding hydrogens is 272 g/mol. The molecule has 1 aromatic carbocycles. The van der Waals surface area contributed by atoms with Gasteiger partial charge in [0.05, 0.1) is 17.3 Å². The maximum Gasteiger partial charge on any atom is 0.333 e. The van der Waals surface area contributed by atoms with Crippen molar-refractivity contribution in [2.75, 3.05) is 0 Å². The first kappa shape index (κ1) is 16.9. The minimum atomic E-state index is -1.32. The second-order valence-corrected chi connectivity index (χ2v) is 5.51. The van der Waals surface area contributed by atoms with E-state index in [0.717, 1.165) is 0 Å². The summed E-state index contributed by atoms with van der Waals surface area (Å²) in [5, 5.41) is 28.3. The van der Waals surface area contributed by atoms with Crippen LogP contribution in [0.4, 0.5) is 0 Å². The van der Waals surface area contributed by atoms with Crippen LogP contribution in [0, 0.1) is 0 Å². The lowest BCUT2D eigenvalue weighted by atomic mass is 9.75. The van der Waals surface area contributed by atoms with Crippen LogP contribution in [0.5, 0.6) is 0 Å². The lowest BCUT2D eigenvalue weighted by molar-refractivity contribution is -0.136. The van der Waals surface area contributed by atoms with Crippen LogP contribution in [0.25, 0.3) is 0 Å². The number of hydrogen-bond donors (Lipinski definition) is 3. The fraction of sp³-hybridized carbons (Fsp3) is 0.375. The molecule has 0 saturated heterocycles. The van der Waals surface area contributed by atoms with Gasteiger partial charge in [0.2, 0.25) is 0 Å². The van der Waals surface area contributed by atoms with Gasteiger partial charge < -0.3 is 15.3 Å². The summed E-state index contributed by atoms with van der Waals surface area (Å²) in [4.78, 5) is 23.1. The molecule has 0 fully saturated rings. The van der Waals surface area contributed by atoms with Gasteiger partial charge in [0.25, 0.3) is 0 Å². The minimum absolute atomic E-state index is 0.206. The van der Waals surface area contributed by atoms with Crippen molar-refractivity contribution < 1.29 is 24.9 Å². The van der Waals surface area contributed by atoms with Gasteiger partial charge in [-0.25, -0.2) is 9.59 Å². The monoisotopic (exact) mass is 292 g/mol. The molecule has 0 aliphatic rings. The summed E-state index contributed by atoms with van der Waals surface area (Å²) in [5.74, 6) is -2.61. The van der Waals surface area contributed by atoms with Gasteiger partial charge in [0.1, 0.15) is 0 Å². The fourth-order valence-electron chi connectivity index (χ4n) is 2.36. The molecule has 21 heavy (non-hydrogen) atoms. The Morgan fingerprint density at radius 2 is 1.62 bits per heavy atom. The van der Waals surface area contributed by atoms with Crippen molar-refractivity contribution >= 4 is 11.9 Å². The molecule has 5 nitrogen and oxygen atoms in total. The molecule has 3 N–H and O–H groups in total. The molecule has 0 aromatic heterocycles. The molecule has 1 rings (SSSR count). The molecule has 0 aliphatic heterocycles. The van der Waals surface area contributed by atoms with E-state index >= 15 is 0 Å². The molecule has 5 heteroatoms. The normalized spacial score (nSPS) is 14.3. The van der Waals surface area contributed by atoms with Crippen LogP contribution >= 0.6 is 0 Å². The Morgan fingerprint density at radius 3 is 2.00 bits per heavy atom. The number of aliphatic hydroxyl groups is 1. The number of rotatable bonds is 6. The van der Waals surface area contributed by atoms with Gasteiger partial charge in [-0.2, -0.15) is 0 Å². The summed E-state index contributed by atoms with van der Waals surface area (Å²) < 4.78 is 0. The maximum absolute atomic E-state index is 11.6. The predicted octanol–water partition coefficient (Wildman–Crippen LogP) is 2.20. The van der Waals surface area contributed by atoms with Crippen molar-refractivity contribution in [3.63, 3.8) is 0 Å². The van der Waals surface area contributed by atoms with E-state index in [-0.39, 0.29) is 17.6 Å². The Bertz CT molecular complexity index is 555. The molecule has 0 saturated carbocycles. The van der Waals surface area contributed by atoms with Gasteiger partial charge in [-0.15, -0.1) is 0 Å². The highest BCUT2D eigenvalue weighted by molar-refractivity contribution is 6.00. The third kappa shape index (κ3) is 3.92. The Morgan fingerprint density at radius 1 is 1.10 bits per heavy atom. The zero-order valence-corrected chi connectivity index (χ0v) is 12.3. The van der Waals surface area contributed by atoms with Crippen molar-refractivity contribution in [2.24, 2.45) is 0 Å². The lowest BCUT2D eigenvalue weighted by Crippen LogP contribution is -2.30. The van der Waals surface area contributed by atoms with Gasteiger partial charge in [0, 0.05) is 11.8 Å². The van der Waals surface area contributed by atoms with E-state index in [9.17, 15) is 24.9 Å². The van der Waals surface area contributed by atoms with Crippen LogP contribution in [-0.2, 0) is 15.0 Å². The first-order chi connectivity index (χ1) is 9.67. The van der Waals surface area contributed by atoms with Crippen molar-refractivity contribution in [1.29, 1.82) is 0 Å². The Kier molecular flexibility index (Phi) is 5.27. The largest absolute Gasteiger partial charge is 0.478 e. The van der Waals surface area contributed by atoms with E-state index in [1.807, 2.05) is 0 Å². The van der Waals surface area contributed by atoms with Crippen LogP contribution in [0.1, 0.15) is 32.8 Å². The van der Waals surface area contributed by atoms with Crippen molar-refractivity contribution in [1.82, 2.24) is 0 Å². The molecule has 0 heterocycles. The SMILES string of the molecule is CC(O)C/C(C(=O)O)=C(\C(=O)O)C(C)(C)c1ccccc1. The summed E-state index contributed by atoms with van der Waals surface area (Å²) in [6.45, 7) is 4.76. The molecule has 0 spiro atoms. The second kappa shape index (κ2) is 6.54. The van der Waals surface area contributed by atoms with Crippen LogP contribution in [-0.4, -0.2) is 33.4 Å². The summed E-state index contributed by atoms with van der Waals surface area (Å²) in [5.41, 5.74) is -0.768. The first-order valence-electron chi connectivity index (χ1n) is 6.61. The Labute approximate surface area is 123 Å². The zero-order chi connectivity index (χ0) is 16.2. The third-order valence-corrected chi connectivity index (χ3v) is 3.39. The highest BCUT2D eigenvalue weighted by Crippen LogP contribution is 2.34. The molecule has 0 aliphatic carbocycles. The number of aliphatic hydroxyl groups excluding tert-OH is 1. The van der Waals surface area contributed by atoms with Gasteiger partial charge in [-0.05, 0) is 12.5 Å². The smallest absolute Gasteiger partial charge is 0.333 e. The van der Waals surface area contributed by atoms with Crippen LogP contribution < -0.4 is 0 Å². The highest BCUT2D eigenvalue weighted by Gasteiger charge is 2.35. The number of carboxylic acids is 2. The molecule has 0 amide bonds. The summed E-state index contributed by atoms with van der Waals surface area (Å²) in [7, 11) is 0. The number of aliphatic carboxylic acids is 2. The summed E-state index contributed by atoms with van der Waals surface area (Å²) in [6, 6.07) is 8.85. The molecule has 1 aromatic rings. The average Bonchev–Trinajstić information content (AvgIpc) is 2.37. The number of benzene rings is 1. The van der Waals surface area contributed by atoms with Gasteiger partial charge >= 0.3 is 11.9 Å². The van der Waals surface area contributed by atoms with Crippen molar-refractivity contribution in [2.45, 2.75) is 38.7 Å². The quantitative estimate of drug-likeness (QED) is 0.699. The number of carboxylic acid groups (broad SMARTS) is 2. The predicted molar refractivity (Wildman–Crippen MR) is 78.1 cm³/mol. The molecule has 114 valence electrons. The molecule has 1 unspecified atom stereocenters. The van der Waals surface area contributed by atoms with E-state index in [1.165, 1.54) is 6.92 Å². The standard InChI is InChI=1S/C16H20O5/c1-10(17)9-12(14(18)19)13(15(20)21)16(2,3)11-7-5-4-6-8-11/h4-8,10,17H,9H2,1-3H3,(H,18,19)(H,20,21)/b13-12-. The van der Waals surface area contributed by atoms with Gasteiger partial charge in [-0.1, -0.05) is 44.2 Å². The second-order valence-electron chi connectivity index (χ2n) is 5.51. The zero-order valence-electron chi connectivity index (χ0n) is 12.3. The van der Waals surface area contributed by atoms with Crippen molar-refractivity contribution in [3.8, 4) is 0 Å². The maximum atomic E-state index is 11.6. The van der Waals surface area contributed by atoms with E-state index in [1.54, 1.807) is 44.2 Å². The van der Waals surface area contributed by atoms with E-state index in [2.05, 4.69) is 0 Å². The molecule has 0 bridgehead atoms. The van der Waals surface area contributed by atoms with E-state index in [4.69, 9.17) is 0 Å². The van der Waals surface area contributed by atoms with Gasteiger partial charge in [0.15, 0.2) is 0 Å². The number of carbonyl (C=O) groups is 2. The fourth-order valence-corrected chi connectivity index (χ4v) is 2.36. The molecular formula is C16H20O5. The number of hydrogen-bond acceptors (Lipinski definition) is 3. The third-order valence-electron chi connectivity index (χ3n) is 3.39. The summed E-state index contributed by atoms with van der Waals surface area (Å²) in [6.07, 6.45) is -1.15. The van der Waals surface area contributed by atoms with E-state index in [0.29, 0.717) is 5.56 Å². The van der Waals surface area contributed by atoms with Gasteiger partial charge in [-0.3, -0.25) is 0 Å². The minimum Gasteiger partial charge on any atom is -0.478 e. The van der Waals surface area contributed by atoms with Crippen LogP contribution in [0.2, 0.25) is 0 Å². The molecule has 1 atom stereocenters. The van der Waals surface area contributed by atoms with Crippen LogP contribution in [0.3, 0.4) is 0 Å². The van der Waals surface area contributed by atoms with Crippen LogP contribution in [0.15, 0.2) is 41.5 Å². The van der Waals surface area contributed by atoms with E-state index < -0.39 is 23.5 Å². The van der Waals surface area contributed by atoms with Crippen molar-refractivity contribution in [3.05, 3.63) is 47.0 Å². The molecule has 0 radical (unpaired) electrons. The highest BCUT2D eigenvalue weighted by atomic mass is 16.4. The Hall–Kier alpha value is -2.14. The lowest BCUT2D eigenvalue weighted by Gasteiger charge is -2.28.